The van der Waals surface area contributed by atoms with Crippen LogP contribution in [0.15, 0.2) is 18.2 Å². The summed E-state index contributed by atoms with van der Waals surface area (Å²) < 4.78 is 5.28. The Kier molecular flexibility index (Phi) is 2.44. The van der Waals surface area contributed by atoms with Gasteiger partial charge in [-0.05, 0) is 49.7 Å². The Morgan fingerprint density at radius 2 is 2.06 bits per heavy atom. The van der Waals surface area contributed by atoms with Crippen molar-refractivity contribution in [3.8, 4) is 5.75 Å². The molecule has 3 nitrogen and oxygen atoms in total. The molecule has 0 unspecified atom stereocenters. The van der Waals surface area contributed by atoms with Crippen LogP contribution in [0.25, 0.3) is 0 Å². The summed E-state index contributed by atoms with van der Waals surface area (Å²) in [5, 5.41) is 3.37. The van der Waals surface area contributed by atoms with Gasteiger partial charge in [-0.1, -0.05) is 0 Å². The number of carbonyl (C=O) groups excluding carboxylic acids is 1. The summed E-state index contributed by atoms with van der Waals surface area (Å²) in [7, 11) is 1.67. The molecule has 90 valence electrons. The Labute approximate surface area is 101 Å². The molecule has 1 spiro atoms. The van der Waals surface area contributed by atoms with E-state index in [1.807, 2.05) is 12.1 Å². The minimum Gasteiger partial charge on any atom is -0.497 e. The molecule has 0 bridgehead atoms. The Bertz CT molecular complexity index is 461. The van der Waals surface area contributed by atoms with E-state index in [2.05, 4.69) is 11.4 Å². The molecule has 0 atom stereocenters. The van der Waals surface area contributed by atoms with E-state index < -0.39 is 0 Å². The number of ketones is 1. The molecule has 2 aliphatic rings. The molecule has 0 saturated carbocycles. The van der Waals surface area contributed by atoms with Crippen molar-refractivity contribution >= 4 is 5.78 Å². The van der Waals surface area contributed by atoms with E-state index in [-0.39, 0.29) is 5.41 Å². The third-order valence-corrected chi connectivity index (χ3v) is 4.16. The van der Waals surface area contributed by atoms with E-state index in [0.29, 0.717) is 12.2 Å². The van der Waals surface area contributed by atoms with E-state index >= 15 is 0 Å². The molecule has 1 aliphatic heterocycles. The lowest BCUT2D eigenvalue weighted by Gasteiger charge is -2.34. The first-order valence-electron chi connectivity index (χ1n) is 6.18. The number of rotatable bonds is 1. The minimum absolute atomic E-state index is 0.0756. The molecule has 1 saturated heterocycles. The topological polar surface area (TPSA) is 38.3 Å². The van der Waals surface area contributed by atoms with Gasteiger partial charge in [-0.2, -0.15) is 0 Å². The van der Waals surface area contributed by atoms with Crippen LogP contribution in [0, 0.1) is 0 Å². The highest BCUT2D eigenvalue weighted by molar-refractivity contribution is 6.02. The highest BCUT2D eigenvalue weighted by Gasteiger charge is 2.43. The molecule has 1 aromatic carbocycles. The third-order valence-electron chi connectivity index (χ3n) is 4.16. The second-order valence-corrected chi connectivity index (χ2v) is 5.04. The van der Waals surface area contributed by atoms with Crippen molar-refractivity contribution in [3.05, 3.63) is 29.3 Å². The number of ether oxygens (including phenoxy) is 1. The predicted molar refractivity (Wildman–Crippen MR) is 65.7 cm³/mol. The van der Waals surface area contributed by atoms with E-state index in [4.69, 9.17) is 4.74 Å². The third kappa shape index (κ3) is 1.57. The average Bonchev–Trinajstić information content (AvgIpc) is 2.63. The van der Waals surface area contributed by atoms with Gasteiger partial charge in [0.15, 0.2) is 5.78 Å². The number of piperidine rings is 1. The zero-order chi connectivity index (χ0) is 11.9. The number of hydrogen-bond acceptors (Lipinski definition) is 3. The Morgan fingerprint density at radius 3 is 2.76 bits per heavy atom. The summed E-state index contributed by atoms with van der Waals surface area (Å²) in [6, 6.07) is 5.87. The number of hydrogen-bond donors (Lipinski definition) is 1. The largest absolute Gasteiger partial charge is 0.497 e. The summed E-state index contributed by atoms with van der Waals surface area (Å²) in [5.41, 5.74) is 2.20. The highest BCUT2D eigenvalue weighted by Crippen LogP contribution is 2.46. The van der Waals surface area contributed by atoms with Gasteiger partial charge in [-0.3, -0.25) is 4.79 Å². The van der Waals surface area contributed by atoms with Crippen LogP contribution in [0.4, 0.5) is 0 Å². The van der Waals surface area contributed by atoms with Gasteiger partial charge in [-0.15, -0.1) is 0 Å². The number of fused-ring (bicyclic) bond motifs is 2. The number of Topliss-reactive ketones (excluding diaryl/α,β-unsaturated/α-hetero) is 1. The smallest absolute Gasteiger partial charge is 0.164 e. The van der Waals surface area contributed by atoms with Gasteiger partial charge in [0.1, 0.15) is 5.75 Å². The molecule has 1 aromatic rings. The first kappa shape index (κ1) is 10.8. The van der Waals surface area contributed by atoms with Crippen LogP contribution in [0.2, 0.25) is 0 Å². The van der Waals surface area contributed by atoms with Crippen LogP contribution in [0.1, 0.15) is 35.2 Å². The zero-order valence-corrected chi connectivity index (χ0v) is 10.1. The monoisotopic (exact) mass is 231 g/mol. The lowest BCUT2D eigenvalue weighted by atomic mass is 9.74. The average molecular weight is 231 g/mol. The SMILES string of the molecule is COc1ccc2c(c1)C1(CCNCC1)CC2=O. The van der Waals surface area contributed by atoms with Crippen LogP contribution in [-0.4, -0.2) is 26.0 Å². The maximum atomic E-state index is 12.1. The quantitative estimate of drug-likeness (QED) is 0.802. The first-order valence-corrected chi connectivity index (χ1v) is 6.18. The number of nitrogens with one attached hydrogen (secondary N) is 1. The summed E-state index contributed by atoms with van der Waals surface area (Å²) in [6.07, 6.45) is 2.79. The van der Waals surface area contributed by atoms with Crippen molar-refractivity contribution in [2.75, 3.05) is 20.2 Å². The zero-order valence-electron chi connectivity index (χ0n) is 10.1. The molecule has 1 heterocycles. The molecule has 1 aliphatic carbocycles. The van der Waals surface area contributed by atoms with Crippen molar-refractivity contribution < 1.29 is 9.53 Å². The van der Waals surface area contributed by atoms with Crippen LogP contribution in [0.5, 0.6) is 5.75 Å². The minimum atomic E-state index is 0.0756. The predicted octanol–water partition coefficient (Wildman–Crippen LogP) is 1.90. The van der Waals surface area contributed by atoms with Crippen molar-refractivity contribution in [1.82, 2.24) is 5.32 Å². The van der Waals surface area contributed by atoms with Crippen molar-refractivity contribution in [3.63, 3.8) is 0 Å². The highest BCUT2D eigenvalue weighted by atomic mass is 16.5. The second kappa shape index (κ2) is 3.84. The molecular formula is C14H17NO2. The van der Waals surface area contributed by atoms with Gasteiger partial charge in [0.25, 0.3) is 0 Å². The summed E-state index contributed by atoms with van der Waals surface area (Å²) >= 11 is 0. The van der Waals surface area contributed by atoms with Gasteiger partial charge in [0.05, 0.1) is 7.11 Å². The maximum absolute atomic E-state index is 12.1. The summed E-state index contributed by atoms with van der Waals surface area (Å²) in [5.74, 6) is 1.15. The van der Waals surface area contributed by atoms with E-state index in [1.165, 1.54) is 5.56 Å². The second-order valence-electron chi connectivity index (χ2n) is 5.04. The Hall–Kier alpha value is -1.35. The van der Waals surface area contributed by atoms with Crippen LogP contribution in [0.3, 0.4) is 0 Å². The van der Waals surface area contributed by atoms with E-state index in [1.54, 1.807) is 7.11 Å². The molecule has 3 heteroatoms. The Balaban J connectivity index is 2.09. The molecule has 0 radical (unpaired) electrons. The Morgan fingerprint density at radius 1 is 1.29 bits per heavy atom. The fourth-order valence-electron chi connectivity index (χ4n) is 3.18. The maximum Gasteiger partial charge on any atom is 0.164 e. The van der Waals surface area contributed by atoms with Gasteiger partial charge >= 0.3 is 0 Å². The van der Waals surface area contributed by atoms with Crippen LogP contribution in [-0.2, 0) is 5.41 Å². The summed E-state index contributed by atoms with van der Waals surface area (Å²) in [4.78, 5) is 12.1. The summed E-state index contributed by atoms with van der Waals surface area (Å²) in [6.45, 7) is 2.01. The lowest BCUT2D eigenvalue weighted by molar-refractivity contribution is 0.0964. The molecule has 17 heavy (non-hydrogen) atoms. The molecule has 1 N–H and O–H groups in total. The standard InChI is InChI=1S/C14H17NO2/c1-17-10-2-3-11-12(8-10)14(9-13(11)16)4-6-15-7-5-14/h2-3,8,15H,4-7,9H2,1H3. The van der Waals surface area contributed by atoms with Gasteiger partial charge in [-0.25, -0.2) is 0 Å². The van der Waals surface area contributed by atoms with Crippen molar-refractivity contribution in [2.24, 2.45) is 0 Å². The molecule has 0 amide bonds. The number of benzene rings is 1. The van der Waals surface area contributed by atoms with Gasteiger partial charge < -0.3 is 10.1 Å². The van der Waals surface area contributed by atoms with E-state index in [0.717, 1.165) is 37.2 Å². The molecular weight excluding hydrogens is 214 g/mol. The van der Waals surface area contributed by atoms with Crippen molar-refractivity contribution in [1.29, 1.82) is 0 Å². The lowest BCUT2D eigenvalue weighted by Crippen LogP contribution is -2.38. The first-order chi connectivity index (χ1) is 8.25. The normalized spacial score (nSPS) is 21.6. The van der Waals surface area contributed by atoms with Crippen LogP contribution < -0.4 is 10.1 Å². The molecule has 1 fully saturated rings. The number of methoxy groups -OCH3 is 1. The van der Waals surface area contributed by atoms with Gasteiger partial charge in [0, 0.05) is 17.4 Å². The fourth-order valence-corrected chi connectivity index (χ4v) is 3.18. The number of carbonyl (C=O) groups is 1. The molecule has 3 rings (SSSR count). The molecule has 0 aromatic heterocycles. The van der Waals surface area contributed by atoms with E-state index in [9.17, 15) is 4.79 Å². The van der Waals surface area contributed by atoms with Crippen molar-refractivity contribution in [2.45, 2.75) is 24.7 Å². The fraction of sp³-hybridized carbons (Fsp3) is 0.500. The van der Waals surface area contributed by atoms with Gasteiger partial charge in [0.2, 0.25) is 0 Å². The van der Waals surface area contributed by atoms with Crippen LogP contribution >= 0.6 is 0 Å².